The minimum atomic E-state index is -0.0947. The molecule has 1 aromatic carbocycles. The monoisotopic (exact) mass is 404 g/mol. The van der Waals surface area contributed by atoms with Crippen LogP contribution in [0.3, 0.4) is 0 Å². The lowest BCUT2D eigenvalue weighted by Gasteiger charge is -2.27. The van der Waals surface area contributed by atoms with Crippen LogP contribution in [0.1, 0.15) is 55.1 Å². The van der Waals surface area contributed by atoms with Gasteiger partial charge in [0.1, 0.15) is 5.75 Å². The molecule has 5 nitrogen and oxygen atoms in total. The Morgan fingerprint density at radius 1 is 1.03 bits per heavy atom. The maximum Gasteiger partial charge on any atom is 0.174 e. The van der Waals surface area contributed by atoms with Gasteiger partial charge in [-0.1, -0.05) is 31.0 Å². The first-order valence-corrected chi connectivity index (χ1v) is 10.6. The second-order valence-corrected chi connectivity index (χ2v) is 8.20. The van der Waals surface area contributed by atoms with Crippen molar-refractivity contribution in [3.63, 3.8) is 0 Å². The molecule has 0 amide bonds. The van der Waals surface area contributed by atoms with Gasteiger partial charge < -0.3 is 19.9 Å². The summed E-state index contributed by atoms with van der Waals surface area (Å²) in [5.41, 5.74) is 2.82. The third-order valence-corrected chi connectivity index (χ3v) is 6.38. The summed E-state index contributed by atoms with van der Waals surface area (Å²) < 4.78 is 2.35. The molecule has 3 aromatic rings. The maximum absolute atomic E-state index is 10.5. The molecule has 1 aliphatic carbocycles. The van der Waals surface area contributed by atoms with Crippen LogP contribution in [-0.4, -0.2) is 19.8 Å². The lowest BCUT2D eigenvalue weighted by atomic mass is 9.98. The molecule has 2 fully saturated rings. The van der Waals surface area contributed by atoms with E-state index in [1.54, 1.807) is 6.07 Å². The normalized spacial score (nSPS) is 22.2. The summed E-state index contributed by atoms with van der Waals surface area (Å²) in [5, 5.41) is 14.6. The van der Waals surface area contributed by atoms with Gasteiger partial charge >= 0.3 is 0 Å². The van der Waals surface area contributed by atoms with Gasteiger partial charge in [0.15, 0.2) is 5.11 Å². The van der Waals surface area contributed by atoms with Crippen LogP contribution in [-0.2, 0) is 0 Å². The molecule has 0 bridgehead atoms. The van der Waals surface area contributed by atoms with Gasteiger partial charge in [-0.05, 0) is 61.0 Å². The van der Waals surface area contributed by atoms with Crippen LogP contribution in [0.15, 0.2) is 67.1 Å². The number of thiocarbonyl (C=S) groups is 1. The van der Waals surface area contributed by atoms with Crippen molar-refractivity contribution in [2.45, 2.75) is 43.8 Å². The molecule has 6 heteroatoms. The number of para-hydroxylation sites is 2. The Labute approximate surface area is 176 Å². The Bertz CT molecular complexity index is 1010. The molecule has 1 aliphatic heterocycles. The van der Waals surface area contributed by atoms with E-state index >= 15 is 0 Å². The van der Waals surface area contributed by atoms with Gasteiger partial charge in [-0.3, -0.25) is 4.98 Å². The fraction of sp³-hybridized carbons (Fsp3) is 0.304. The Morgan fingerprint density at radius 2 is 1.83 bits per heavy atom. The molecule has 3 heterocycles. The van der Waals surface area contributed by atoms with Crippen molar-refractivity contribution in [2.75, 3.05) is 4.90 Å². The van der Waals surface area contributed by atoms with Gasteiger partial charge in [0.05, 0.1) is 23.5 Å². The standard InChI is InChI=1S/C23H24N4OS/c28-20-11-4-3-10-19(20)27-22(16-12-14-26(15-16)17-7-1-2-8-17)21(25-23(27)29)18-9-5-6-13-24-18/h3-6,9-15,17,21-22,28H,1-2,7-8H2,(H,25,29)/t21-,22+/m0/s1. The first-order chi connectivity index (χ1) is 14.2. The van der Waals surface area contributed by atoms with E-state index in [1.165, 1.54) is 31.2 Å². The van der Waals surface area contributed by atoms with Gasteiger partial charge in [-0.15, -0.1) is 0 Å². The molecule has 2 N–H and O–H groups in total. The number of aromatic nitrogens is 2. The highest BCUT2D eigenvalue weighted by Gasteiger charge is 2.42. The maximum atomic E-state index is 10.5. The topological polar surface area (TPSA) is 53.3 Å². The minimum absolute atomic E-state index is 0.0895. The number of nitrogens with zero attached hydrogens (tertiary/aromatic N) is 3. The zero-order valence-corrected chi connectivity index (χ0v) is 16.9. The summed E-state index contributed by atoms with van der Waals surface area (Å²) in [7, 11) is 0. The Morgan fingerprint density at radius 3 is 2.59 bits per heavy atom. The Hall–Kier alpha value is -2.86. The number of anilines is 1. The number of phenols is 1. The van der Waals surface area contributed by atoms with E-state index in [0.29, 0.717) is 16.8 Å². The first kappa shape index (κ1) is 18.2. The predicted molar refractivity (Wildman–Crippen MR) is 118 cm³/mol. The van der Waals surface area contributed by atoms with Crippen LogP contribution < -0.4 is 10.2 Å². The second-order valence-electron chi connectivity index (χ2n) is 7.82. The van der Waals surface area contributed by atoms with Crippen molar-refractivity contribution in [3.8, 4) is 5.75 Å². The number of hydrogen-bond acceptors (Lipinski definition) is 3. The molecule has 1 saturated carbocycles. The SMILES string of the molecule is Oc1ccccc1N1C(=S)N[C@@H](c2ccccn2)[C@H]1c1ccn(C2CCCC2)c1. The van der Waals surface area contributed by atoms with Crippen LogP contribution in [0.5, 0.6) is 5.75 Å². The third-order valence-electron chi connectivity index (χ3n) is 6.06. The van der Waals surface area contributed by atoms with Crippen LogP contribution in [0.2, 0.25) is 0 Å². The van der Waals surface area contributed by atoms with Gasteiger partial charge in [-0.25, -0.2) is 0 Å². The highest BCUT2D eigenvalue weighted by Crippen LogP contribution is 2.44. The number of hydrogen-bond donors (Lipinski definition) is 2. The summed E-state index contributed by atoms with van der Waals surface area (Å²) in [6.07, 6.45) is 11.3. The minimum Gasteiger partial charge on any atom is -0.506 e. The molecule has 0 spiro atoms. The second kappa shape index (κ2) is 7.52. The fourth-order valence-corrected chi connectivity index (χ4v) is 4.99. The number of pyridine rings is 1. The third kappa shape index (κ3) is 3.27. The summed E-state index contributed by atoms with van der Waals surface area (Å²) in [6.45, 7) is 0. The van der Waals surface area contributed by atoms with Crippen molar-refractivity contribution in [1.29, 1.82) is 0 Å². The molecule has 148 valence electrons. The lowest BCUT2D eigenvalue weighted by Crippen LogP contribution is -2.29. The zero-order valence-electron chi connectivity index (χ0n) is 16.1. The van der Waals surface area contributed by atoms with Gasteiger partial charge in [-0.2, -0.15) is 0 Å². The number of benzene rings is 1. The van der Waals surface area contributed by atoms with Crippen molar-refractivity contribution < 1.29 is 5.11 Å². The predicted octanol–water partition coefficient (Wildman–Crippen LogP) is 4.88. The number of phenolic OH excluding ortho intramolecular Hbond substituents is 1. The summed E-state index contributed by atoms with van der Waals surface area (Å²) in [4.78, 5) is 6.61. The Kier molecular flexibility index (Phi) is 4.72. The first-order valence-electron chi connectivity index (χ1n) is 10.2. The van der Waals surface area contributed by atoms with Crippen molar-refractivity contribution in [1.82, 2.24) is 14.9 Å². The molecule has 1 saturated heterocycles. The zero-order chi connectivity index (χ0) is 19.8. The molecule has 2 atom stereocenters. The summed E-state index contributed by atoms with van der Waals surface area (Å²) >= 11 is 5.72. The van der Waals surface area contributed by atoms with E-state index in [4.69, 9.17) is 12.2 Å². The van der Waals surface area contributed by atoms with E-state index < -0.39 is 0 Å². The van der Waals surface area contributed by atoms with E-state index in [1.807, 2.05) is 47.5 Å². The molecule has 29 heavy (non-hydrogen) atoms. The Balaban J connectivity index is 1.59. The van der Waals surface area contributed by atoms with Crippen molar-refractivity contribution in [2.24, 2.45) is 0 Å². The van der Waals surface area contributed by atoms with E-state index in [9.17, 15) is 5.11 Å². The highest BCUT2D eigenvalue weighted by molar-refractivity contribution is 7.80. The molecular weight excluding hydrogens is 380 g/mol. The molecule has 5 rings (SSSR count). The van der Waals surface area contributed by atoms with Crippen LogP contribution >= 0.6 is 12.2 Å². The number of aromatic hydroxyl groups is 1. The van der Waals surface area contributed by atoms with E-state index in [-0.39, 0.29) is 17.8 Å². The van der Waals surface area contributed by atoms with Crippen LogP contribution in [0, 0.1) is 0 Å². The summed E-state index contributed by atoms with van der Waals surface area (Å²) in [6, 6.07) is 15.9. The van der Waals surface area contributed by atoms with Crippen molar-refractivity contribution >= 4 is 23.0 Å². The largest absolute Gasteiger partial charge is 0.506 e. The fourth-order valence-electron chi connectivity index (χ4n) is 4.66. The average molecular weight is 405 g/mol. The molecule has 0 radical (unpaired) electrons. The van der Waals surface area contributed by atoms with Crippen molar-refractivity contribution in [3.05, 3.63) is 78.4 Å². The molecule has 2 aliphatic rings. The molecule has 0 unspecified atom stereocenters. The molecular formula is C23H24N4OS. The average Bonchev–Trinajstić information content (AvgIpc) is 3.48. The summed E-state index contributed by atoms with van der Waals surface area (Å²) in [5.74, 6) is 0.221. The van der Waals surface area contributed by atoms with Gasteiger partial charge in [0.2, 0.25) is 0 Å². The molecule has 2 aromatic heterocycles. The van der Waals surface area contributed by atoms with Gasteiger partial charge in [0, 0.05) is 24.6 Å². The van der Waals surface area contributed by atoms with Crippen LogP contribution in [0.25, 0.3) is 0 Å². The quantitative estimate of drug-likeness (QED) is 0.607. The number of rotatable bonds is 4. The number of nitrogens with one attached hydrogen (secondary N) is 1. The smallest absolute Gasteiger partial charge is 0.174 e. The highest BCUT2D eigenvalue weighted by atomic mass is 32.1. The van der Waals surface area contributed by atoms with E-state index in [2.05, 4.69) is 33.3 Å². The van der Waals surface area contributed by atoms with E-state index in [0.717, 1.165) is 5.69 Å². The van der Waals surface area contributed by atoms with Crippen LogP contribution in [0.4, 0.5) is 5.69 Å². The lowest BCUT2D eigenvalue weighted by molar-refractivity contribution is 0.472. The van der Waals surface area contributed by atoms with Gasteiger partial charge in [0.25, 0.3) is 0 Å².